The van der Waals surface area contributed by atoms with Crippen molar-refractivity contribution in [3.05, 3.63) is 0 Å². The van der Waals surface area contributed by atoms with Crippen LogP contribution in [0, 0.1) is 28.6 Å². The summed E-state index contributed by atoms with van der Waals surface area (Å²) in [7, 11) is 0. The van der Waals surface area contributed by atoms with E-state index < -0.39 is 0 Å². The first-order valence-electron chi connectivity index (χ1n) is 6.37. The zero-order valence-corrected chi connectivity index (χ0v) is 10.5. The summed E-state index contributed by atoms with van der Waals surface area (Å²) >= 11 is 0. The number of rotatable bonds is 4. The minimum absolute atomic E-state index is 0.486. The molecule has 4 atom stereocenters. The average Bonchev–Trinajstić information content (AvgIpc) is 2.78. The van der Waals surface area contributed by atoms with Gasteiger partial charge in [-0.15, -0.1) is 0 Å². The van der Waals surface area contributed by atoms with Crippen molar-refractivity contribution in [2.24, 2.45) is 28.6 Å². The lowest BCUT2D eigenvalue weighted by molar-refractivity contribution is -0.108. The van der Waals surface area contributed by atoms with Gasteiger partial charge in [0.15, 0.2) is 0 Å². The summed E-state index contributed by atoms with van der Waals surface area (Å²) in [5, 5.41) is 0. The van der Waals surface area contributed by atoms with Gasteiger partial charge in [0.1, 0.15) is 6.29 Å². The van der Waals surface area contributed by atoms with E-state index >= 15 is 0 Å². The molecule has 0 aliphatic heterocycles. The summed E-state index contributed by atoms with van der Waals surface area (Å²) in [5.41, 5.74) is 1.10. The Morgan fingerprint density at radius 3 is 2.53 bits per heavy atom. The molecule has 1 heteroatoms. The first-order chi connectivity index (χ1) is 6.93. The predicted octanol–water partition coefficient (Wildman–Crippen LogP) is 3.67. The predicted molar refractivity (Wildman–Crippen MR) is 62.6 cm³/mol. The molecule has 2 saturated carbocycles. The van der Waals surface area contributed by atoms with Gasteiger partial charge in [0.25, 0.3) is 0 Å². The molecule has 2 aliphatic carbocycles. The largest absolute Gasteiger partial charge is 0.303 e. The lowest BCUT2D eigenvalue weighted by Crippen LogP contribution is -2.32. The van der Waals surface area contributed by atoms with Crippen LogP contribution in [0.1, 0.15) is 53.4 Å². The molecule has 3 unspecified atom stereocenters. The van der Waals surface area contributed by atoms with Crippen LogP contribution in [0.5, 0.6) is 0 Å². The molecule has 1 nitrogen and oxygen atoms in total. The number of carbonyl (C=O) groups is 1. The van der Waals surface area contributed by atoms with Crippen LogP contribution < -0.4 is 0 Å². The molecule has 0 heterocycles. The quantitative estimate of drug-likeness (QED) is 0.644. The second kappa shape index (κ2) is 3.33. The van der Waals surface area contributed by atoms with Crippen molar-refractivity contribution >= 4 is 6.29 Å². The Morgan fingerprint density at radius 2 is 2.07 bits per heavy atom. The van der Waals surface area contributed by atoms with Crippen molar-refractivity contribution < 1.29 is 4.79 Å². The maximum absolute atomic E-state index is 10.4. The summed E-state index contributed by atoms with van der Waals surface area (Å²) in [5.74, 6) is 2.53. The molecule has 0 saturated heterocycles. The number of hydrogen-bond donors (Lipinski definition) is 0. The van der Waals surface area contributed by atoms with E-state index in [1.807, 2.05) is 0 Å². The highest BCUT2D eigenvalue weighted by Gasteiger charge is 2.67. The van der Waals surface area contributed by atoms with Crippen molar-refractivity contribution in [3.63, 3.8) is 0 Å². The molecule has 0 aromatic rings. The highest BCUT2D eigenvalue weighted by molar-refractivity contribution is 5.49. The monoisotopic (exact) mass is 208 g/mol. The Hall–Kier alpha value is -0.330. The van der Waals surface area contributed by atoms with Gasteiger partial charge in [0, 0.05) is 6.42 Å². The summed E-state index contributed by atoms with van der Waals surface area (Å²) in [4.78, 5) is 10.4. The molecule has 15 heavy (non-hydrogen) atoms. The van der Waals surface area contributed by atoms with E-state index in [1.165, 1.54) is 12.8 Å². The van der Waals surface area contributed by atoms with Gasteiger partial charge in [0.2, 0.25) is 0 Å². The van der Waals surface area contributed by atoms with Crippen LogP contribution >= 0.6 is 0 Å². The SMILES string of the molecule is CC(CCC=O)C1CC2C[C@]2(C)C1(C)C. The molecular formula is C14H24O. The molecule has 86 valence electrons. The molecular weight excluding hydrogens is 184 g/mol. The Bertz CT molecular complexity index is 269. The first-order valence-corrected chi connectivity index (χ1v) is 6.37. The van der Waals surface area contributed by atoms with Crippen LogP contribution in [0.4, 0.5) is 0 Å². The minimum atomic E-state index is 0.486. The van der Waals surface area contributed by atoms with E-state index in [4.69, 9.17) is 0 Å². The zero-order valence-electron chi connectivity index (χ0n) is 10.5. The van der Waals surface area contributed by atoms with Crippen molar-refractivity contribution in [2.75, 3.05) is 0 Å². The second-order valence-corrected chi connectivity index (χ2v) is 6.60. The van der Waals surface area contributed by atoms with E-state index in [-0.39, 0.29) is 0 Å². The molecule has 2 aliphatic rings. The number of carbonyl (C=O) groups excluding carboxylic acids is 1. The van der Waals surface area contributed by atoms with Gasteiger partial charge in [-0.1, -0.05) is 27.7 Å². The Balaban J connectivity index is 2.03. The molecule has 0 bridgehead atoms. The molecule has 0 amide bonds. The van der Waals surface area contributed by atoms with Crippen molar-refractivity contribution in [1.82, 2.24) is 0 Å². The van der Waals surface area contributed by atoms with Crippen molar-refractivity contribution in [1.29, 1.82) is 0 Å². The molecule has 0 aromatic heterocycles. The Labute approximate surface area is 93.6 Å². The fraction of sp³-hybridized carbons (Fsp3) is 0.929. The van der Waals surface area contributed by atoms with Gasteiger partial charge in [-0.25, -0.2) is 0 Å². The standard InChI is InChI=1S/C14H24O/c1-10(6-5-7-15)12-8-11-9-14(11,4)13(12,2)3/h7,10-12H,5-6,8-9H2,1-4H3/t10?,11?,12?,14-/m0/s1. The van der Waals surface area contributed by atoms with Crippen LogP contribution in [0.15, 0.2) is 0 Å². The summed E-state index contributed by atoms with van der Waals surface area (Å²) in [6.07, 6.45) is 5.75. The normalized spacial score (nSPS) is 43.5. The van der Waals surface area contributed by atoms with Gasteiger partial charge in [-0.05, 0) is 47.8 Å². The van der Waals surface area contributed by atoms with Crippen LogP contribution in [0.2, 0.25) is 0 Å². The van der Waals surface area contributed by atoms with Crippen LogP contribution in [0.3, 0.4) is 0 Å². The fourth-order valence-corrected chi connectivity index (χ4v) is 4.09. The Kier molecular flexibility index (Phi) is 2.48. The van der Waals surface area contributed by atoms with Gasteiger partial charge in [0.05, 0.1) is 0 Å². The van der Waals surface area contributed by atoms with E-state index in [1.54, 1.807) is 0 Å². The summed E-state index contributed by atoms with van der Waals surface area (Å²) in [6, 6.07) is 0. The van der Waals surface area contributed by atoms with Crippen LogP contribution in [0.25, 0.3) is 0 Å². The third kappa shape index (κ3) is 1.46. The van der Waals surface area contributed by atoms with Gasteiger partial charge in [-0.3, -0.25) is 0 Å². The van der Waals surface area contributed by atoms with Gasteiger partial charge in [-0.2, -0.15) is 0 Å². The topological polar surface area (TPSA) is 17.1 Å². The molecule has 0 N–H and O–H groups in total. The van der Waals surface area contributed by atoms with E-state index in [0.29, 0.717) is 10.8 Å². The van der Waals surface area contributed by atoms with Crippen molar-refractivity contribution in [2.45, 2.75) is 53.4 Å². The maximum Gasteiger partial charge on any atom is 0.120 e. The number of hydrogen-bond acceptors (Lipinski definition) is 1. The number of fused-ring (bicyclic) bond motifs is 1. The summed E-state index contributed by atoms with van der Waals surface area (Å²) < 4.78 is 0. The molecule has 0 spiro atoms. The Morgan fingerprint density at radius 1 is 1.40 bits per heavy atom. The van der Waals surface area contributed by atoms with Crippen molar-refractivity contribution in [3.8, 4) is 0 Å². The fourth-order valence-electron chi connectivity index (χ4n) is 4.09. The van der Waals surface area contributed by atoms with E-state index in [2.05, 4.69) is 27.7 Å². The maximum atomic E-state index is 10.4. The lowest BCUT2D eigenvalue weighted by atomic mass is 9.66. The number of aldehydes is 1. The highest BCUT2D eigenvalue weighted by atomic mass is 16.1. The van der Waals surface area contributed by atoms with E-state index in [9.17, 15) is 4.79 Å². The van der Waals surface area contributed by atoms with E-state index in [0.717, 1.165) is 36.9 Å². The third-order valence-corrected chi connectivity index (χ3v) is 5.78. The average molecular weight is 208 g/mol. The zero-order chi connectivity index (χ0) is 11.3. The van der Waals surface area contributed by atoms with Gasteiger partial charge >= 0.3 is 0 Å². The first kappa shape index (κ1) is 11.2. The molecule has 2 fully saturated rings. The van der Waals surface area contributed by atoms with Crippen LogP contribution in [-0.2, 0) is 4.79 Å². The second-order valence-electron chi connectivity index (χ2n) is 6.60. The van der Waals surface area contributed by atoms with Crippen LogP contribution in [-0.4, -0.2) is 6.29 Å². The highest BCUT2D eigenvalue weighted by Crippen LogP contribution is 2.75. The van der Waals surface area contributed by atoms with Gasteiger partial charge < -0.3 is 4.79 Å². The molecule has 0 radical (unpaired) electrons. The molecule has 0 aromatic carbocycles. The minimum Gasteiger partial charge on any atom is -0.303 e. The smallest absolute Gasteiger partial charge is 0.120 e. The summed E-state index contributed by atoms with van der Waals surface area (Å²) in [6.45, 7) is 9.69. The molecule has 2 rings (SSSR count). The lowest BCUT2D eigenvalue weighted by Gasteiger charge is -2.39. The third-order valence-electron chi connectivity index (χ3n) is 5.78.